The van der Waals surface area contributed by atoms with Crippen LogP contribution >= 0.6 is 11.6 Å². The quantitative estimate of drug-likeness (QED) is 0.733. The number of pyridine rings is 1. The fraction of sp³-hybridized carbons (Fsp3) is 0.188. The van der Waals surface area contributed by atoms with Crippen LogP contribution in [0.25, 0.3) is 10.9 Å². The summed E-state index contributed by atoms with van der Waals surface area (Å²) in [6, 6.07) is 12.2. The van der Waals surface area contributed by atoms with Crippen molar-refractivity contribution in [3.05, 3.63) is 59.0 Å². The molecule has 102 valence electrons. The number of halogens is 1. The Labute approximate surface area is 123 Å². The summed E-state index contributed by atoms with van der Waals surface area (Å²) < 4.78 is 2.24. The zero-order chi connectivity index (χ0) is 14.1. The summed E-state index contributed by atoms with van der Waals surface area (Å²) in [7, 11) is 2.10. The summed E-state index contributed by atoms with van der Waals surface area (Å²) in [6.07, 6.45) is 1.75. The molecular formula is C16H16ClN3. The van der Waals surface area contributed by atoms with Crippen LogP contribution in [0.15, 0.2) is 42.6 Å². The molecule has 2 aromatic heterocycles. The summed E-state index contributed by atoms with van der Waals surface area (Å²) in [5, 5.41) is 5.21. The van der Waals surface area contributed by atoms with Gasteiger partial charge in [0.1, 0.15) is 5.15 Å². The molecule has 1 aromatic carbocycles. The van der Waals surface area contributed by atoms with E-state index in [4.69, 9.17) is 11.6 Å². The predicted octanol–water partition coefficient (Wildman–Crippen LogP) is 4.15. The Balaban J connectivity index is 1.89. The molecule has 0 radical (unpaired) electrons. The highest BCUT2D eigenvalue weighted by molar-refractivity contribution is 6.29. The second-order valence-electron chi connectivity index (χ2n) is 4.87. The maximum Gasteiger partial charge on any atom is 0.129 e. The average molecular weight is 286 g/mol. The number of nitrogens with zero attached hydrogens (tertiary/aromatic N) is 2. The largest absolute Gasteiger partial charge is 0.378 e. The van der Waals surface area contributed by atoms with E-state index in [9.17, 15) is 0 Å². The third kappa shape index (κ3) is 2.25. The van der Waals surface area contributed by atoms with E-state index in [0.29, 0.717) is 5.15 Å². The van der Waals surface area contributed by atoms with E-state index in [-0.39, 0.29) is 0 Å². The van der Waals surface area contributed by atoms with Crippen molar-refractivity contribution < 1.29 is 0 Å². The number of benzene rings is 1. The standard InChI is InChI=1S/C16H16ClN3/c1-11-13-5-3-4-6-14(13)20(2)15(11)10-18-12-7-8-16(17)19-9-12/h3-9,18H,10H2,1-2H3. The zero-order valence-electron chi connectivity index (χ0n) is 11.5. The van der Waals surface area contributed by atoms with Gasteiger partial charge in [-0.25, -0.2) is 4.98 Å². The molecule has 0 aliphatic heterocycles. The Kier molecular flexibility index (Phi) is 3.36. The second kappa shape index (κ2) is 5.17. The van der Waals surface area contributed by atoms with Crippen LogP contribution in [0, 0.1) is 6.92 Å². The van der Waals surface area contributed by atoms with Crippen molar-refractivity contribution in [2.45, 2.75) is 13.5 Å². The van der Waals surface area contributed by atoms with E-state index in [0.717, 1.165) is 12.2 Å². The average Bonchev–Trinajstić information content (AvgIpc) is 2.71. The summed E-state index contributed by atoms with van der Waals surface area (Å²) >= 11 is 5.79. The number of hydrogen-bond acceptors (Lipinski definition) is 2. The van der Waals surface area contributed by atoms with E-state index >= 15 is 0 Å². The monoisotopic (exact) mass is 285 g/mol. The number of rotatable bonds is 3. The van der Waals surface area contributed by atoms with Crippen molar-refractivity contribution in [1.82, 2.24) is 9.55 Å². The van der Waals surface area contributed by atoms with Gasteiger partial charge in [0.15, 0.2) is 0 Å². The van der Waals surface area contributed by atoms with E-state index in [1.54, 1.807) is 12.3 Å². The van der Waals surface area contributed by atoms with Crippen LogP contribution in [0.1, 0.15) is 11.3 Å². The maximum absolute atomic E-state index is 5.79. The highest BCUT2D eigenvalue weighted by Crippen LogP contribution is 2.25. The van der Waals surface area contributed by atoms with Crippen LogP contribution < -0.4 is 5.32 Å². The SMILES string of the molecule is Cc1c(CNc2ccc(Cl)nc2)n(C)c2ccccc12. The van der Waals surface area contributed by atoms with Gasteiger partial charge < -0.3 is 9.88 Å². The van der Waals surface area contributed by atoms with Crippen molar-refractivity contribution in [1.29, 1.82) is 0 Å². The molecule has 20 heavy (non-hydrogen) atoms. The summed E-state index contributed by atoms with van der Waals surface area (Å²) in [5.74, 6) is 0. The first-order valence-corrected chi connectivity index (χ1v) is 6.93. The minimum atomic E-state index is 0.510. The molecule has 0 aliphatic rings. The molecule has 3 nitrogen and oxygen atoms in total. The van der Waals surface area contributed by atoms with Crippen LogP contribution in [0.2, 0.25) is 5.15 Å². The zero-order valence-corrected chi connectivity index (χ0v) is 12.3. The Morgan fingerprint density at radius 1 is 1.20 bits per heavy atom. The summed E-state index contributed by atoms with van der Waals surface area (Å²) in [5.41, 5.74) is 4.83. The molecule has 0 amide bonds. The highest BCUT2D eigenvalue weighted by atomic mass is 35.5. The number of nitrogens with one attached hydrogen (secondary N) is 1. The number of fused-ring (bicyclic) bond motifs is 1. The Hall–Kier alpha value is -2.00. The lowest BCUT2D eigenvalue weighted by atomic mass is 10.1. The number of aromatic nitrogens is 2. The fourth-order valence-electron chi connectivity index (χ4n) is 2.55. The third-order valence-electron chi connectivity index (χ3n) is 3.69. The van der Waals surface area contributed by atoms with Gasteiger partial charge >= 0.3 is 0 Å². The van der Waals surface area contributed by atoms with Gasteiger partial charge in [0.2, 0.25) is 0 Å². The van der Waals surface area contributed by atoms with Crippen molar-refractivity contribution in [2.75, 3.05) is 5.32 Å². The smallest absolute Gasteiger partial charge is 0.129 e. The topological polar surface area (TPSA) is 29.9 Å². The minimum absolute atomic E-state index is 0.510. The van der Waals surface area contributed by atoms with Gasteiger partial charge in [-0.2, -0.15) is 0 Å². The lowest BCUT2D eigenvalue weighted by molar-refractivity contribution is 0.862. The highest BCUT2D eigenvalue weighted by Gasteiger charge is 2.10. The molecule has 0 atom stereocenters. The van der Waals surface area contributed by atoms with Crippen LogP contribution in [0.4, 0.5) is 5.69 Å². The molecule has 3 rings (SSSR count). The number of anilines is 1. The molecule has 0 unspecified atom stereocenters. The van der Waals surface area contributed by atoms with Gasteiger partial charge in [0, 0.05) is 23.6 Å². The number of hydrogen-bond donors (Lipinski definition) is 1. The first-order chi connectivity index (χ1) is 9.66. The van der Waals surface area contributed by atoms with Crippen molar-refractivity contribution in [2.24, 2.45) is 7.05 Å². The van der Waals surface area contributed by atoms with Crippen LogP contribution in [-0.4, -0.2) is 9.55 Å². The summed E-state index contributed by atoms with van der Waals surface area (Å²) in [6.45, 7) is 2.93. The van der Waals surface area contributed by atoms with Gasteiger partial charge in [-0.1, -0.05) is 29.8 Å². The van der Waals surface area contributed by atoms with Crippen LogP contribution in [0.3, 0.4) is 0 Å². The van der Waals surface area contributed by atoms with Gasteiger partial charge in [-0.05, 0) is 30.7 Å². The van der Waals surface area contributed by atoms with Crippen molar-refractivity contribution >= 4 is 28.2 Å². The number of para-hydroxylation sites is 1. The molecule has 1 N–H and O–H groups in total. The molecule has 3 aromatic rings. The molecule has 2 heterocycles. The molecular weight excluding hydrogens is 270 g/mol. The maximum atomic E-state index is 5.79. The van der Waals surface area contributed by atoms with Crippen LogP contribution in [-0.2, 0) is 13.6 Å². The van der Waals surface area contributed by atoms with Gasteiger partial charge in [-0.3, -0.25) is 0 Å². The molecule has 0 saturated heterocycles. The lowest BCUT2D eigenvalue weighted by Gasteiger charge is -2.09. The van der Waals surface area contributed by atoms with Gasteiger partial charge in [0.05, 0.1) is 18.4 Å². The molecule has 0 saturated carbocycles. The minimum Gasteiger partial charge on any atom is -0.378 e. The van der Waals surface area contributed by atoms with Crippen LogP contribution in [0.5, 0.6) is 0 Å². The van der Waals surface area contributed by atoms with E-state index in [2.05, 4.69) is 53.1 Å². The Bertz CT molecular complexity index is 705. The number of aryl methyl sites for hydroxylation is 2. The van der Waals surface area contributed by atoms with Gasteiger partial charge in [0.25, 0.3) is 0 Å². The Morgan fingerprint density at radius 2 is 2.00 bits per heavy atom. The summed E-state index contributed by atoms with van der Waals surface area (Å²) in [4.78, 5) is 4.08. The molecule has 0 spiro atoms. The molecule has 0 aliphatic carbocycles. The fourth-order valence-corrected chi connectivity index (χ4v) is 2.66. The molecule has 0 bridgehead atoms. The first kappa shape index (κ1) is 13.0. The predicted molar refractivity (Wildman–Crippen MR) is 84.2 cm³/mol. The van der Waals surface area contributed by atoms with E-state index in [1.165, 1.54) is 22.2 Å². The lowest BCUT2D eigenvalue weighted by Crippen LogP contribution is -2.06. The molecule has 0 fully saturated rings. The van der Waals surface area contributed by atoms with Crippen molar-refractivity contribution in [3.8, 4) is 0 Å². The third-order valence-corrected chi connectivity index (χ3v) is 3.92. The normalized spacial score (nSPS) is 10.9. The molecule has 4 heteroatoms. The first-order valence-electron chi connectivity index (χ1n) is 6.55. The van der Waals surface area contributed by atoms with E-state index in [1.807, 2.05) is 6.07 Å². The van der Waals surface area contributed by atoms with Gasteiger partial charge in [-0.15, -0.1) is 0 Å². The van der Waals surface area contributed by atoms with Crippen molar-refractivity contribution in [3.63, 3.8) is 0 Å². The Morgan fingerprint density at radius 3 is 2.70 bits per heavy atom. The van der Waals surface area contributed by atoms with E-state index < -0.39 is 0 Å². The second-order valence-corrected chi connectivity index (χ2v) is 5.26.